The molecular weight excluding hydrogens is 402 g/mol. The molecule has 3 aromatic carbocycles. The van der Waals surface area contributed by atoms with Crippen molar-refractivity contribution in [3.05, 3.63) is 90.5 Å². The van der Waals surface area contributed by atoms with Crippen molar-refractivity contribution >= 4 is 23.3 Å². The van der Waals surface area contributed by atoms with Crippen LogP contribution in [0.15, 0.2) is 84.9 Å². The molecule has 1 heterocycles. The summed E-state index contributed by atoms with van der Waals surface area (Å²) in [5.74, 6) is 0.387. The molecule has 6 nitrogen and oxygen atoms in total. The highest BCUT2D eigenvalue weighted by Crippen LogP contribution is 2.28. The van der Waals surface area contributed by atoms with Gasteiger partial charge in [-0.1, -0.05) is 54.6 Å². The van der Waals surface area contributed by atoms with Gasteiger partial charge in [-0.25, -0.2) is 4.79 Å². The minimum Gasteiger partial charge on any atom is -0.484 e. The number of anilines is 2. The molecule has 164 valence electrons. The van der Waals surface area contributed by atoms with Crippen LogP contribution in [0.1, 0.15) is 24.9 Å². The molecule has 0 aromatic heterocycles. The van der Waals surface area contributed by atoms with Gasteiger partial charge in [0.2, 0.25) is 0 Å². The third-order valence-electron chi connectivity index (χ3n) is 5.56. The minimum absolute atomic E-state index is 0.00970. The number of benzene rings is 3. The van der Waals surface area contributed by atoms with Gasteiger partial charge >= 0.3 is 6.03 Å². The topological polar surface area (TPSA) is 61.9 Å². The normalized spacial score (nSPS) is 14.7. The summed E-state index contributed by atoms with van der Waals surface area (Å²) in [5.41, 5.74) is 2.51. The number of nitrogens with one attached hydrogen (secondary N) is 1. The maximum atomic E-state index is 13.3. The largest absolute Gasteiger partial charge is 0.484 e. The first-order valence-electron chi connectivity index (χ1n) is 10.8. The molecule has 3 aromatic rings. The smallest absolute Gasteiger partial charge is 0.324 e. The lowest BCUT2D eigenvalue weighted by Crippen LogP contribution is -2.50. The van der Waals surface area contributed by atoms with Gasteiger partial charge in [0, 0.05) is 24.5 Å². The molecule has 1 aliphatic heterocycles. The Labute approximate surface area is 188 Å². The summed E-state index contributed by atoms with van der Waals surface area (Å²) < 4.78 is 5.50. The summed E-state index contributed by atoms with van der Waals surface area (Å²) in [6, 6.07) is 26.6. The summed E-state index contributed by atoms with van der Waals surface area (Å²) in [7, 11) is 0. The molecule has 3 amide bonds. The van der Waals surface area contributed by atoms with E-state index < -0.39 is 0 Å². The number of amides is 3. The van der Waals surface area contributed by atoms with Gasteiger partial charge in [-0.3, -0.25) is 9.69 Å². The van der Waals surface area contributed by atoms with Crippen LogP contribution in [0.5, 0.6) is 5.75 Å². The van der Waals surface area contributed by atoms with E-state index in [-0.39, 0.29) is 24.6 Å². The number of hydrogen-bond donors (Lipinski definition) is 1. The number of rotatable bonds is 7. The summed E-state index contributed by atoms with van der Waals surface area (Å²) in [6.07, 6.45) is 0.879. The first-order valence-corrected chi connectivity index (χ1v) is 10.8. The molecular formula is C26H27N3O3. The fraction of sp³-hybridized carbons (Fsp3) is 0.231. The Hall–Kier alpha value is -3.80. The van der Waals surface area contributed by atoms with Crippen LogP contribution in [-0.2, 0) is 4.79 Å². The Balaban J connectivity index is 1.41. The van der Waals surface area contributed by atoms with E-state index >= 15 is 0 Å². The maximum Gasteiger partial charge on any atom is 0.324 e. The number of ether oxygens (including phenoxy) is 1. The molecule has 1 saturated heterocycles. The van der Waals surface area contributed by atoms with Gasteiger partial charge in [0.15, 0.2) is 6.61 Å². The van der Waals surface area contributed by atoms with Crippen molar-refractivity contribution in [1.29, 1.82) is 0 Å². The fourth-order valence-electron chi connectivity index (χ4n) is 3.87. The summed E-state index contributed by atoms with van der Waals surface area (Å²) in [5, 5.41) is 2.85. The van der Waals surface area contributed by atoms with E-state index in [1.807, 2.05) is 77.7 Å². The second-order valence-electron chi connectivity index (χ2n) is 7.77. The van der Waals surface area contributed by atoms with Crippen LogP contribution < -0.4 is 15.0 Å². The van der Waals surface area contributed by atoms with Crippen molar-refractivity contribution < 1.29 is 14.3 Å². The summed E-state index contributed by atoms with van der Waals surface area (Å²) >= 11 is 0. The van der Waals surface area contributed by atoms with E-state index in [4.69, 9.17) is 4.74 Å². The number of nitrogens with zero attached hydrogens (tertiary/aromatic N) is 2. The number of hydrogen-bond acceptors (Lipinski definition) is 3. The summed E-state index contributed by atoms with van der Waals surface area (Å²) in [4.78, 5) is 29.3. The Kier molecular flexibility index (Phi) is 6.70. The monoisotopic (exact) mass is 429 g/mol. The van der Waals surface area contributed by atoms with E-state index in [0.29, 0.717) is 18.0 Å². The predicted molar refractivity (Wildman–Crippen MR) is 126 cm³/mol. The molecule has 1 fully saturated rings. The maximum absolute atomic E-state index is 13.3. The standard InChI is InChI=1S/C26H27N3O3/c1-20(21-10-4-2-5-11-21)28-16-9-17-29(26(28)31)23-13-8-12-22(18-23)27-25(30)19-32-24-14-6-3-7-15-24/h2-8,10-15,18,20H,9,16-17,19H2,1H3,(H,27,30). The molecule has 1 aliphatic rings. The first kappa shape index (κ1) is 21.4. The zero-order chi connectivity index (χ0) is 22.3. The minimum atomic E-state index is -0.254. The van der Waals surface area contributed by atoms with Gasteiger partial charge in [-0.2, -0.15) is 0 Å². The molecule has 1 unspecified atom stereocenters. The van der Waals surface area contributed by atoms with Crippen LogP contribution >= 0.6 is 0 Å². The first-order chi connectivity index (χ1) is 15.6. The fourth-order valence-corrected chi connectivity index (χ4v) is 3.87. The third-order valence-corrected chi connectivity index (χ3v) is 5.56. The van der Waals surface area contributed by atoms with Crippen molar-refractivity contribution in [3.8, 4) is 5.75 Å². The van der Waals surface area contributed by atoms with Crippen molar-refractivity contribution in [2.24, 2.45) is 0 Å². The van der Waals surface area contributed by atoms with E-state index in [1.54, 1.807) is 17.0 Å². The van der Waals surface area contributed by atoms with Crippen LogP contribution in [0, 0.1) is 0 Å². The lowest BCUT2D eigenvalue weighted by molar-refractivity contribution is -0.118. The van der Waals surface area contributed by atoms with Crippen LogP contribution in [0.4, 0.5) is 16.2 Å². The molecule has 0 spiro atoms. The Morgan fingerprint density at radius 1 is 0.969 bits per heavy atom. The second-order valence-corrected chi connectivity index (χ2v) is 7.77. The second kappa shape index (κ2) is 10.0. The molecule has 0 radical (unpaired) electrons. The highest BCUT2D eigenvalue weighted by atomic mass is 16.5. The molecule has 0 saturated carbocycles. The van der Waals surface area contributed by atoms with Crippen molar-refractivity contribution in [2.45, 2.75) is 19.4 Å². The molecule has 4 rings (SSSR count). The number of carbonyl (C=O) groups excluding carboxylic acids is 2. The highest BCUT2D eigenvalue weighted by Gasteiger charge is 2.30. The average molecular weight is 430 g/mol. The molecule has 32 heavy (non-hydrogen) atoms. The van der Waals surface area contributed by atoms with Gasteiger partial charge in [-0.05, 0) is 49.2 Å². The van der Waals surface area contributed by atoms with Crippen molar-refractivity contribution in [1.82, 2.24) is 4.90 Å². The van der Waals surface area contributed by atoms with Gasteiger partial charge < -0.3 is 15.0 Å². The van der Waals surface area contributed by atoms with Gasteiger partial charge in [-0.15, -0.1) is 0 Å². The molecule has 0 aliphatic carbocycles. The average Bonchev–Trinajstić information content (AvgIpc) is 2.84. The number of urea groups is 1. The van der Waals surface area contributed by atoms with Crippen LogP contribution in [0.25, 0.3) is 0 Å². The van der Waals surface area contributed by atoms with Crippen molar-refractivity contribution in [3.63, 3.8) is 0 Å². The van der Waals surface area contributed by atoms with Crippen LogP contribution in [0.2, 0.25) is 0 Å². The highest BCUT2D eigenvalue weighted by molar-refractivity contribution is 5.95. The van der Waals surface area contributed by atoms with Crippen molar-refractivity contribution in [2.75, 3.05) is 29.9 Å². The van der Waals surface area contributed by atoms with E-state index in [0.717, 1.165) is 24.2 Å². The third kappa shape index (κ3) is 5.09. The summed E-state index contributed by atoms with van der Waals surface area (Å²) in [6.45, 7) is 3.34. The lowest BCUT2D eigenvalue weighted by Gasteiger charge is -2.39. The van der Waals surface area contributed by atoms with Gasteiger partial charge in [0.25, 0.3) is 5.91 Å². The quantitative estimate of drug-likeness (QED) is 0.569. The zero-order valence-electron chi connectivity index (χ0n) is 18.1. The van der Waals surface area contributed by atoms with Crippen LogP contribution in [0.3, 0.4) is 0 Å². The number of para-hydroxylation sites is 1. The SMILES string of the molecule is CC(c1ccccc1)N1CCCN(c2cccc(NC(=O)COc3ccccc3)c2)C1=O. The lowest BCUT2D eigenvalue weighted by atomic mass is 10.1. The molecule has 1 N–H and O–H groups in total. The molecule has 0 bridgehead atoms. The molecule has 1 atom stereocenters. The Bertz CT molecular complexity index is 1060. The Morgan fingerprint density at radius 2 is 1.69 bits per heavy atom. The van der Waals surface area contributed by atoms with E-state index in [9.17, 15) is 9.59 Å². The molecule has 6 heteroatoms. The van der Waals surface area contributed by atoms with E-state index in [1.165, 1.54) is 0 Å². The van der Waals surface area contributed by atoms with Gasteiger partial charge in [0.1, 0.15) is 5.75 Å². The zero-order valence-corrected chi connectivity index (χ0v) is 18.1. The number of carbonyl (C=O) groups is 2. The Morgan fingerprint density at radius 3 is 2.44 bits per heavy atom. The van der Waals surface area contributed by atoms with Gasteiger partial charge in [0.05, 0.1) is 6.04 Å². The van der Waals surface area contributed by atoms with E-state index in [2.05, 4.69) is 12.2 Å². The predicted octanol–water partition coefficient (Wildman–Crippen LogP) is 5.10. The van der Waals surface area contributed by atoms with Crippen LogP contribution in [-0.4, -0.2) is 36.5 Å².